The molecule has 1 fully saturated rings. The first-order chi connectivity index (χ1) is 23.1. The zero-order chi connectivity index (χ0) is 34.2. The fourth-order valence-electron chi connectivity index (χ4n) is 7.30. The first kappa shape index (κ1) is 33.7. The molecular formula is C37H43NO10. The van der Waals surface area contributed by atoms with E-state index >= 15 is 0 Å². The van der Waals surface area contributed by atoms with Crippen LogP contribution in [0.3, 0.4) is 0 Å². The molecule has 0 bridgehead atoms. The number of esters is 1. The number of nitrogens with one attached hydrogen (secondary N) is 1. The van der Waals surface area contributed by atoms with E-state index in [9.17, 15) is 30.0 Å². The molecule has 2 aromatic carbocycles. The summed E-state index contributed by atoms with van der Waals surface area (Å²) in [7, 11) is 1.52. The van der Waals surface area contributed by atoms with Crippen molar-refractivity contribution in [1.29, 1.82) is 0 Å². The summed E-state index contributed by atoms with van der Waals surface area (Å²) >= 11 is 0. The van der Waals surface area contributed by atoms with Gasteiger partial charge >= 0.3 is 5.97 Å². The van der Waals surface area contributed by atoms with Crippen LogP contribution in [-0.2, 0) is 27.4 Å². The maximum Gasteiger partial charge on any atom is 0.374 e. The van der Waals surface area contributed by atoms with Crippen LogP contribution in [0.1, 0.15) is 74.1 Å². The number of fused-ring (bicyclic) bond motifs is 3. The topological polar surface area (TPSA) is 168 Å². The molecule has 11 heteroatoms. The minimum Gasteiger partial charge on any atom is -0.496 e. The molecule has 4 atom stereocenters. The number of ketones is 1. The zero-order valence-electron chi connectivity index (χ0n) is 27.5. The number of aliphatic hydroxyl groups excluding tert-OH is 3. The van der Waals surface area contributed by atoms with Crippen LogP contribution in [0.4, 0.5) is 0 Å². The van der Waals surface area contributed by atoms with Gasteiger partial charge in [0.2, 0.25) is 5.76 Å². The number of aromatic nitrogens is 1. The Labute approximate surface area is 278 Å². The molecule has 11 nitrogen and oxygen atoms in total. The molecule has 0 unspecified atom stereocenters. The van der Waals surface area contributed by atoms with E-state index in [1.54, 1.807) is 19.9 Å². The normalized spacial score (nSPS) is 23.1. The Kier molecular flexibility index (Phi) is 9.67. The van der Waals surface area contributed by atoms with E-state index in [0.717, 1.165) is 22.0 Å². The van der Waals surface area contributed by atoms with Crippen LogP contribution >= 0.6 is 0 Å². The van der Waals surface area contributed by atoms with Crippen LogP contribution in [0.15, 0.2) is 47.9 Å². The Balaban J connectivity index is 1.52. The SMILES string of the molecule is CCOC(=O)C1=C/C(=C2\C[C@H](CO)C(=O)[C@@H](c3ccc4[nH]ccc4c3)C2)c2c(OC)c3c(c(CO)c2O1)O[C@H]([C@@](C)(O)CCCCO)C3. The van der Waals surface area contributed by atoms with Crippen molar-refractivity contribution in [1.82, 2.24) is 4.98 Å². The molecule has 0 amide bonds. The van der Waals surface area contributed by atoms with E-state index < -0.39 is 36.1 Å². The number of hydrogen-bond donors (Lipinski definition) is 5. The molecule has 3 heterocycles. The second kappa shape index (κ2) is 13.8. The van der Waals surface area contributed by atoms with Gasteiger partial charge in [-0.1, -0.05) is 11.6 Å². The van der Waals surface area contributed by atoms with Gasteiger partial charge in [-0.25, -0.2) is 4.79 Å². The zero-order valence-corrected chi connectivity index (χ0v) is 27.5. The summed E-state index contributed by atoms with van der Waals surface area (Å²) in [5.41, 5.74) is 3.35. The number of H-pyrrole nitrogens is 1. The largest absolute Gasteiger partial charge is 0.496 e. The van der Waals surface area contributed by atoms with Gasteiger partial charge in [-0.05, 0) is 86.7 Å². The monoisotopic (exact) mass is 661 g/mol. The third-order valence-corrected chi connectivity index (χ3v) is 9.85. The van der Waals surface area contributed by atoms with Crippen LogP contribution < -0.4 is 14.2 Å². The number of Topliss-reactive ketones (excluding diaryl/α,β-unsaturated/α-hetero) is 1. The maximum absolute atomic E-state index is 13.7. The lowest BCUT2D eigenvalue weighted by molar-refractivity contribution is -0.141. The molecule has 3 aromatic rings. The van der Waals surface area contributed by atoms with E-state index in [-0.39, 0.29) is 50.0 Å². The molecule has 2 aliphatic heterocycles. The fourth-order valence-corrected chi connectivity index (χ4v) is 7.30. The molecule has 1 aliphatic carbocycles. The summed E-state index contributed by atoms with van der Waals surface area (Å²) in [6, 6.07) is 7.78. The number of rotatable bonds is 11. The summed E-state index contributed by atoms with van der Waals surface area (Å²) < 4.78 is 23.9. The van der Waals surface area contributed by atoms with E-state index in [1.807, 2.05) is 30.5 Å². The Morgan fingerprint density at radius 3 is 2.62 bits per heavy atom. The van der Waals surface area contributed by atoms with E-state index in [0.29, 0.717) is 59.4 Å². The highest BCUT2D eigenvalue weighted by Crippen LogP contribution is 2.55. The third kappa shape index (κ3) is 6.00. The van der Waals surface area contributed by atoms with Crippen molar-refractivity contribution >= 4 is 28.2 Å². The predicted octanol–water partition coefficient (Wildman–Crippen LogP) is 4.23. The lowest BCUT2D eigenvalue weighted by Gasteiger charge is -2.33. The maximum atomic E-state index is 13.7. The molecule has 6 rings (SSSR count). The van der Waals surface area contributed by atoms with Gasteiger partial charge in [0.05, 0.1) is 43.7 Å². The van der Waals surface area contributed by atoms with Gasteiger partial charge in [-0.3, -0.25) is 4.79 Å². The molecule has 0 spiro atoms. The Bertz CT molecular complexity index is 1780. The molecule has 1 saturated carbocycles. The number of benzene rings is 2. The molecule has 0 radical (unpaired) electrons. The van der Waals surface area contributed by atoms with Crippen molar-refractivity contribution in [3.05, 3.63) is 70.1 Å². The average Bonchev–Trinajstić information content (AvgIpc) is 3.75. The van der Waals surface area contributed by atoms with Crippen LogP contribution in [-0.4, -0.2) is 75.8 Å². The van der Waals surface area contributed by atoms with Crippen molar-refractivity contribution in [2.45, 2.75) is 76.6 Å². The van der Waals surface area contributed by atoms with Gasteiger partial charge in [-0.2, -0.15) is 0 Å². The Morgan fingerprint density at radius 1 is 1.10 bits per heavy atom. The minimum absolute atomic E-state index is 0.0198. The number of unbranched alkanes of at least 4 members (excludes halogenated alkanes) is 1. The number of allylic oxidation sites excluding steroid dienone is 3. The number of aromatic amines is 1. The second-order valence-corrected chi connectivity index (χ2v) is 12.9. The molecule has 1 aromatic heterocycles. The quantitative estimate of drug-likeness (QED) is 0.148. The number of ether oxygens (including phenoxy) is 4. The Morgan fingerprint density at radius 2 is 1.92 bits per heavy atom. The van der Waals surface area contributed by atoms with E-state index in [1.165, 1.54) is 7.11 Å². The van der Waals surface area contributed by atoms with Crippen molar-refractivity contribution in [3.8, 4) is 17.2 Å². The van der Waals surface area contributed by atoms with Gasteiger partial charge < -0.3 is 44.4 Å². The lowest BCUT2D eigenvalue weighted by Crippen LogP contribution is -2.42. The minimum atomic E-state index is -1.26. The number of carbonyl (C=O) groups is 2. The van der Waals surface area contributed by atoms with Crippen molar-refractivity contribution in [3.63, 3.8) is 0 Å². The lowest BCUT2D eigenvalue weighted by atomic mass is 9.72. The number of hydrogen-bond acceptors (Lipinski definition) is 10. The molecule has 5 N–H and O–H groups in total. The molecule has 48 heavy (non-hydrogen) atoms. The van der Waals surface area contributed by atoms with Crippen molar-refractivity contribution in [2.75, 3.05) is 26.9 Å². The number of carbonyl (C=O) groups excluding carboxylic acids is 2. The van der Waals surface area contributed by atoms with Crippen LogP contribution in [0, 0.1) is 5.92 Å². The summed E-state index contributed by atoms with van der Waals surface area (Å²) in [6.45, 7) is 2.67. The smallest absolute Gasteiger partial charge is 0.374 e. The van der Waals surface area contributed by atoms with Crippen molar-refractivity contribution in [2.24, 2.45) is 5.92 Å². The Hall–Kier alpha value is -4.16. The van der Waals surface area contributed by atoms with Gasteiger partial charge in [0.25, 0.3) is 0 Å². The summed E-state index contributed by atoms with van der Waals surface area (Å²) in [5, 5.41) is 42.8. The first-order valence-electron chi connectivity index (χ1n) is 16.5. The van der Waals surface area contributed by atoms with Crippen LogP contribution in [0.25, 0.3) is 16.5 Å². The molecule has 256 valence electrons. The summed E-state index contributed by atoms with van der Waals surface area (Å²) in [6.07, 6.45) is 5.12. The van der Waals surface area contributed by atoms with E-state index in [4.69, 9.17) is 18.9 Å². The summed E-state index contributed by atoms with van der Waals surface area (Å²) in [4.78, 5) is 30.1. The molecule has 3 aliphatic rings. The van der Waals surface area contributed by atoms with Gasteiger partial charge in [-0.15, -0.1) is 0 Å². The van der Waals surface area contributed by atoms with Gasteiger partial charge in [0.1, 0.15) is 29.1 Å². The fraction of sp³-hybridized carbons (Fsp3) is 0.459. The first-order valence-corrected chi connectivity index (χ1v) is 16.5. The number of aliphatic hydroxyl groups is 4. The second-order valence-electron chi connectivity index (χ2n) is 12.9. The summed E-state index contributed by atoms with van der Waals surface area (Å²) in [5.74, 6) is -1.19. The van der Waals surface area contributed by atoms with Crippen molar-refractivity contribution < 1.29 is 49.0 Å². The van der Waals surface area contributed by atoms with Crippen LogP contribution in [0.5, 0.6) is 17.2 Å². The molecular weight excluding hydrogens is 618 g/mol. The average molecular weight is 662 g/mol. The predicted molar refractivity (Wildman–Crippen MR) is 177 cm³/mol. The van der Waals surface area contributed by atoms with E-state index in [2.05, 4.69) is 4.98 Å². The standard InChI is InChI=1S/C37H43NO10/c1-4-46-36(43)29-16-24(22-14-23(18-40)32(42)25(15-22)20-7-8-28-21(13-20)9-11-38-28)31-34(45-3)26-17-30(37(2,44)10-5-6-12-39)48-33(26)27(19-41)35(31)47-29/h7-9,11,13,16,23,25,30,38-41,44H,4-6,10,12,14-15,17-19H2,1-3H3/b24-22-/t23-,25-,30+,37+/m1/s1. The number of methoxy groups -OCH3 is 1. The van der Waals surface area contributed by atoms with Crippen LogP contribution in [0.2, 0.25) is 0 Å². The highest BCUT2D eigenvalue weighted by atomic mass is 16.6. The van der Waals surface area contributed by atoms with Gasteiger partial charge in [0.15, 0.2) is 0 Å². The van der Waals surface area contributed by atoms with Gasteiger partial charge in [0, 0.05) is 42.1 Å². The molecule has 0 saturated heterocycles. The highest BCUT2D eigenvalue weighted by Gasteiger charge is 2.45. The highest BCUT2D eigenvalue weighted by molar-refractivity contribution is 5.99. The third-order valence-electron chi connectivity index (χ3n) is 9.85.